The number of carbonyl (C=O) groups excluding carboxylic acids is 2. The van der Waals surface area contributed by atoms with Gasteiger partial charge in [0.2, 0.25) is 11.8 Å². The molecule has 0 aliphatic heterocycles. The van der Waals surface area contributed by atoms with Crippen LogP contribution in [-0.4, -0.2) is 40.9 Å². The van der Waals surface area contributed by atoms with E-state index in [-0.39, 0.29) is 37.2 Å². The van der Waals surface area contributed by atoms with Crippen molar-refractivity contribution in [2.45, 2.75) is 32.2 Å². The predicted molar refractivity (Wildman–Crippen MR) is 84.5 cm³/mol. The van der Waals surface area contributed by atoms with Crippen LogP contribution in [0.15, 0.2) is 30.3 Å². The highest BCUT2D eigenvalue weighted by molar-refractivity contribution is 5.82. The lowest BCUT2D eigenvalue weighted by Crippen LogP contribution is -2.35. The smallest absolute Gasteiger partial charge is 0.323 e. The van der Waals surface area contributed by atoms with Crippen LogP contribution in [-0.2, 0) is 20.9 Å². The SMILES string of the molecule is O=C(O)CN(Cc1ccccc1)C(=O)CCCNC(=O)C1CC1. The zero-order chi connectivity index (χ0) is 16.7. The fourth-order valence-electron chi connectivity index (χ4n) is 2.30. The Balaban J connectivity index is 1.78. The van der Waals surface area contributed by atoms with Gasteiger partial charge in [0.15, 0.2) is 0 Å². The highest BCUT2D eigenvalue weighted by Gasteiger charge is 2.29. The minimum atomic E-state index is -1.03. The van der Waals surface area contributed by atoms with Crippen molar-refractivity contribution < 1.29 is 19.5 Å². The minimum Gasteiger partial charge on any atom is -0.480 e. The second-order valence-electron chi connectivity index (χ2n) is 5.80. The summed E-state index contributed by atoms with van der Waals surface area (Å²) in [5.41, 5.74) is 0.893. The first-order chi connectivity index (χ1) is 11.1. The molecule has 0 atom stereocenters. The molecule has 1 aromatic carbocycles. The van der Waals surface area contributed by atoms with Gasteiger partial charge >= 0.3 is 5.97 Å². The summed E-state index contributed by atoms with van der Waals surface area (Å²) < 4.78 is 0. The molecule has 23 heavy (non-hydrogen) atoms. The van der Waals surface area contributed by atoms with Gasteiger partial charge in [-0.15, -0.1) is 0 Å². The second-order valence-corrected chi connectivity index (χ2v) is 5.80. The lowest BCUT2D eigenvalue weighted by molar-refractivity contribution is -0.144. The average Bonchev–Trinajstić information content (AvgIpc) is 3.36. The van der Waals surface area contributed by atoms with Crippen LogP contribution < -0.4 is 5.32 Å². The number of nitrogens with zero attached hydrogens (tertiary/aromatic N) is 1. The third-order valence-corrected chi connectivity index (χ3v) is 3.71. The van der Waals surface area contributed by atoms with Crippen molar-refractivity contribution in [1.29, 1.82) is 0 Å². The molecule has 0 aromatic heterocycles. The van der Waals surface area contributed by atoms with E-state index in [1.807, 2.05) is 30.3 Å². The van der Waals surface area contributed by atoms with E-state index < -0.39 is 5.97 Å². The van der Waals surface area contributed by atoms with E-state index in [9.17, 15) is 14.4 Å². The first-order valence-corrected chi connectivity index (χ1v) is 7.87. The molecule has 2 N–H and O–H groups in total. The number of carbonyl (C=O) groups is 3. The fourth-order valence-corrected chi connectivity index (χ4v) is 2.30. The van der Waals surface area contributed by atoms with Gasteiger partial charge in [-0.2, -0.15) is 0 Å². The van der Waals surface area contributed by atoms with Gasteiger partial charge in [-0.3, -0.25) is 14.4 Å². The van der Waals surface area contributed by atoms with Gasteiger partial charge in [0.1, 0.15) is 6.54 Å². The van der Waals surface area contributed by atoms with E-state index in [2.05, 4.69) is 5.32 Å². The highest BCUT2D eigenvalue weighted by Crippen LogP contribution is 2.28. The lowest BCUT2D eigenvalue weighted by Gasteiger charge is -2.21. The van der Waals surface area contributed by atoms with Crippen molar-refractivity contribution in [3.8, 4) is 0 Å². The topological polar surface area (TPSA) is 86.7 Å². The molecule has 0 bridgehead atoms. The third kappa shape index (κ3) is 6.10. The molecule has 1 aromatic rings. The van der Waals surface area contributed by atoms with Crippen LogP contribution in [0.25, 0.3) is 0 Å². The molecule has 1 saturated carbocycles. The third-order valence-electron chi connectivity index (χ3n) is 3.71. The van der Waals surface area contributed by atoms with Crippen LogP contribution in [0.2, 0.25) is 0 Å². The van der Waals surface area contributed by atoms with Crippen molar-refractivity contribution in [2.75, 3.05) is 13.1 Å². The molecular formula is C17H22N2O4. The number of carboxylic acids is 1. The molecule has 0 heterocycles. The number of aliphatic carboxylic acids is 1. The highest BCUT2D eigenvalue weighted by atomic mass is 16.4. The molecule has 0 saturated heterocycles. The van der Waals surface area contributed by atoms with Crippen LogP contribution in [0.1, 0.15) is 31.2 Å². The van der Waals surface area contributed by atoms with E-state index in [0.29, 0.717) is 13.0 Å². The molecule has 2 amide bonds. The predicted octanol–water partition coefficient (Wildman–Crippen LogP) is 1.41. The Morgan fingerprint density at radius 1 is 1.17 bits per heavy atom. The van der Waals surface area contributed by atoms with Crippen LogP contribution in [0.3, 0.4) is 0 Å². The van der Waals surface area contributed by atoms with Crippen molar-refractivity contribution in [2.24, 2.45) is 5.92 Å². The number of rotatable bonds is 9. The van der Waals surface area contributed by atoms with Gasteiger partial charge in [0.05, 0.1) is 0 Å². The summed E-state index contributed by atoms with van der Waals surface area (Å²) in [6.07, 6.45) is 2.65. The quantitative estimate of drug-likeness (QED) is 0.674. The van der Waals surface area contributed by atoms with Crippen molar-refractivity contribution in [3.63, 3.8) is 0 Å². The van der Waals surface area contributed by atoms with Crippen molar-refractivity contribution in [1.82, 2.24) is 10.2 Å². The Hall–Kier alpha value is -2.37. The molecule has 0 radical (unpaired) electrons. The normalized spacial score (nSPS) is 13.4. The standard InChI is InChI=1S/C17H22N2O4/c20-15(7-4-10-18-17(23)14-8-9-14)19(12-16(21)22)11-13-5-2-1-3-6-13/h1-3,5-6,14H,4,7-12H2,(H,18,23)(H,21,22). The lowest BCUT2D eigenvalue weighted by atomic mass is 10.2. The molecular weight excluding hydrogens is 296 g/mol. The van der Waals surface area contributed by atoms with Gasteiger partial charge in [0.25, 0.3) is 0 Å². The molecule has 124 valence electrons. The van der Waals surface area contributed by atoms with Crippen LogP contribution in [0.5, 0.6) is 0 Å². The number of carboxylic acid groups (broad SMARTS) is 1. The average molecular weight is 318 g/mol. The molecule has 0 spiro atoms. The first kappa shape index (κ1) is 17.0. The summed E-state index contributed by atoms with van der Waals surface area (Å²) in [6.45, 7) is 0.413. The van der Waals surface area contributed by atoms with E-state index in [0.717, 1.165) is 18.4 Å². The second kappa shape index (κ2) is 8.31. The maximum absolute atomic E-state index is 12.2. The van der Waals surface area contributed by atoms with E-state index in [1.165, 1.54) is 4.90 Å². The van der Waals surface area contributed by atoms with Gasteiger partial charge in [-0.1, -0.05) is 30.3 Å². The summed E-state index contributed by atoms with van der Waals surface area (Å²) >= 11 is 0. The summed E-state index contributed by atoms with van der Waals surface area (Å²) in [5, 5.41) is 11.8. The van der Waals surface area contributed by atoms with Crippen molar-refractivity contribution >= 4 is 17.8 Å². The Morgan fingerprint density at radius 2 is 1.87 bits per heavy atom. The number of hydrogen-bond donors (Lipinski definition) is 2. The first-order valence-electron chi connectivity index (χ1n) is 7.87. The van der Waals surface area contributed by atoms with Gasteiger partial charge in [-0.25, -0.2) is 0 Å². The molecule has 1 aliphatic rings. The molecule has 6 heteroatoms. The molecule has 0 unspecified atom stereocenters. The summed E-state index contributed by atoms with van der Waals surface area (Å²) in [4.78, 5) is 36.0. The maximum atomic E-state index is 12.2. The zero-order valence-electron chi connectivity index (χ0n) is 13.0. The minimum absolute atomic E-state index is 0.0594. The van der Waals surface area contributed by atoms with E-state index in [4.69, 9.17) is 5.11 Å². The van der Waals surface area contributed by atoms with Crippen molar-refractivity contribution in [3.05, 3.63) is 35.9 Å². The van der Waals surface area contributed by atoms with Crippen LogP contribution in [0, 0.1) is 5.92 Å². The number of benzene rings is 1. The van der Waals surface area contributed by atoms with E-state index >= 15 is 0 Å². The molecule has 1 aliphatic carbocycles. The summed E-state index contributed by atoms with van der Waals surface area (Å²) in [5.74, 6) is -1.02. The molecule has 6 nitrogen and oxygen atoms in total. The van der Waals surface area contributed by atoms with Crippen LogP contribution in [0.4, 0.5) is 0 Å². The van der Waals surface area contributed by atoms with Gasteiger partial charge in [0, 0.05) is 25.4 Å². The summed E-state index contributed by atoms with van der Waals surface area (Å²) in [7, 11) is 0. The Kier molecular flexibility index (Phi) is 6.14. The van der Waals surface area contributed by atoms with Gasteiger partial charge < -0.3 is 15.3 Å². The molecule has 1 fully saturated rings. The monoisotopic (exact) mass is 318 g/mol. The Bertz CT molecular complexity index is 555. The van der Waals surface area contributed by atoms with Crippen LogP contribution >= 0.6 is 0 Å². The fraction of sp³-hybridized carbons (Fsp3) is 0.471. The number of nitrogens with one attached hydrogen (secondary N) is 1. The van der Waals surface area contributed by atoms with Gasteiger partial charge in [-0.05, 0) is 24.8 Å². The Morgan fingerprint density at radius 3 is 2.48 bits per heavy atom. The zero-order valence-corrected chi connectivity index (χ0v) is 13.0. The maximum Gasteiger partial charge on any atom is 0.323 e. The molecule has 2 rings (SSSR count). The van der Waals surface area contributed by atoms with E-state index in [1.54, 1.807) is 0 Å². The number of hydrogen-bond acceptors (Lipinski definition) is 3. The Labute approximate surface area is 135 Å². The summed E-state index contributed by atoms with van der Waals surface area (Å²) in [6, 6.07) is 9.30. The largest absolute Gasteiger partial charge is 0.480 e. The number of amides is 2.